The second kappa shape index (κ2) is 4.74. The van der Waals surface area contributed by atoms with Crippen LogP contribution < -0.4 is 10.6 Å². The van der Waals surface area contributed by atoms with Gasteiger partial charge in [0.1, 0.15) is 0 Å². The zero-order chi connectivity index (χ0) is 13.3. The van der Waals surface area contributed by atoms with Crippen LogP contribution >= 0.6 is 0 Å². The van der Waals surface area contributed by atoms with Crippen LogP contribution in [0, 0.1) is 6.92 Å². The number of nitrogens with zero attached hydrogens (tertiary/aromatic N) is 1. The molecule has 1 aromatic carbocycles. The van der Waals surface area contributed by atoms with Crippen molar-refractivity contribution in [3.8, 4) is 0 Å². The van der Waals surface area contributed by atoms with Crippen molar-refractivity contribution in [3.63, 3.8) is 0 Å². The monoisotopic (exact) mass is 244 g/mol. The van der Waals surface area contributed by atoms with Crippen LogP contribution in [0.3, 0.4) is 0 Å². The molecule has 0 saturated carbocycles. The summed E-state index contributed by atoms with van der Waals surface area (Å²) in [6.45, 7) is 4.35. The van der Waals surface area contributed by atoms with E-state index < -0.39 is 0 Å². The van der Waals surface area contributed by atoms with E-state index in [-0.39, 0.29) is 11.8 Å². The van der Waals surface area contributed by atoms with E-state index in [4.69, 9.17) is 5.73 Å². The number of carbonyl (C=O) groups excluding carboxylic acids is 2. The summed E-state index contributed by atoms with van der Waals surface area (Å²) in [7, 11) is 0. The molecule has 94 valence electrons. The highest BCUT2D eigenvalue weighted by atomic mass is 16.2. The lowest BCUT2D eigenvalue weighted by atomic mass is 10.0. The van der Waals surface area contributed by atoms with Crippen LogP contribution in [0.25, 0.3) is 0 Å². The van der Waals surface area contributed by atoms with Crippen LogP contribution in [0.5, 0.6) is 0 Å². The van der Waals surface area contributed by atoms with Gasteiger partial charge in [0.25, 0.3) is 11.8 Å². The van der Waals surface area contributed by atoms with E-state index in [1.165, 1.54) is 17.1 Å². The molecule has 4 heteroatoms. The molecule has 0 spiro atoms. The molecule has 0 radical (unpaired) electrons. The Morgan fingerprint density at radius 2 is 1.78 bits per heavy atom. The third-order valence-electron chi connectivity index (χ3n) is 3.09. The van der Waals surface area contributed by atoms with E-state index >= 15 is 0 Å². The normalized spacial score (nSPS) is 14.7. The lowest BCUT2D eigenvalue weighted by Crippen LogP contribution is -2.31. The van der Waals surface area contributed by atoms with Gasteiger partial charge in [-0.25, -0.2) is 4.90 Å². The maximum Gasteiger partial charge on any atom is 0.258 e. The summed E-state index contributed by atoms with van der Waals surface area (Å²) in [5.74, 6) is -0.559. The molecule has 0 unspecified atom stereocenters. The van der Waals surface area contributed by atoms with Crippen LogP contribution in [0.2, 0.25) is 0 Å². The average molecular weight is 244 g/mol. The van der Waals surface area contributed by atoms with Crippen molar-refractivity contribution >= 4 is 17.5 Å². The largest absolute Gasteiger partial charge is 0.326 e. The van der Waals surface area contributed by atoms with E-state index in [0.29, 0.717) is 12.2 Å². The van der Waals surface area contributed by atoms with Gasteiger partial charge in [-0.3, -0.25) is 9.59 Å². The molecular weight excluding hydrogens is 228 g/mol. The highest BCUT2D eigenvalue weighted by Crippen LogP contribution is 2.29. The van der Waals surface area contributed by atoms with Gasteiger partial charge in [0, 0.05) is 18.7 Å². The molecular formula is C14H16N2O2. The predicted molar refractivity (Wildman–Crippen MR) is 70.1 cm³/mol. The Kier molecular flexibility index (Phi) is 3.30. The van der Waals surface area contributed by atoms with Gasteiger partial charge >= 0.3 is 0 Å². The van der Waals surface area contributed by atoms with Crippen molar-refractivity contribution in [3.05, 3.63) is 41.0 Å². The summed E-state index contributed by atoms with van der Waals surface area (Å²) in [5.41, 5.74) is 9.23. The minimum Gasteiger partial charge on any atom is -0.326 e. The quantitative estimate of drug-likeness (QED) is 0.818. The molecule has 2 N–H and O–H groups in total. The Bertz CT molecular complexity index is 529. The van der Waals surface area contributed by atoms with Gasteiger partial charge in [-0.15, -0.1) is 0 Å². The Hall–Kier alpha value is -1.94. The second-order valence-electron chi connectivity index (χ2n) is 4.32. The SMILES string of the molecule is CCc1cc(CN)cc(C)c1N1C(=O)C=CC1=O. The third kappa shape index (κ3) is 1.95. The van der Waals surface area contributed by atoms with Crippen LogP contribution in [-0.4, -0.2) is 11.8 Å². The first-order valence-corrected chi connectivity index (χ1v) is 5.97. The van der Waals surface area contributed by atoms with Gasteiger partial charge in [-0.05, 0) is 30.0 Å². The van der Waals surface area contributed by atoms with E-state index in [9.17, 15) is 9.59 Å². The average Bonchev–Trinajstić information content (AvgIpc) is 2.68. The molecule has 0 bridgehead atoms. The third-order valence-corrected chi connectivity index (χ3v) is 3.09. The number of hydrogen-bond donors (Lipinski definition) is 1. The molecule has 0 aliphatic carbocycles. The number of nitrogens with two attached hydrogens (primary N) is 1. The molecule has 1 aromatic rings. The Balaban J connectivity index is 2.57. The van der Waals surface area contributed by atoms with Gasteiger partial charge in [0.2, 0.25) is 0 Å². The number of rotatable bonds is 3. The van der Waals surface area contributed by atoms with Crippen molar-refractivity contribution in [2.45, 2.75) is 26.8 Å². The molecule has 0 fully saturated rings. The van der Waals surface area contributed by atoms with Crippen molar-refractivity contribution in [1.82, 2.24) is 0 Å². The van der Waals surface area contributed by atoms with Crippen LogP contribution in [-0.2, 0) is 22.6 Å². The summed E-state index contributed by atoms with van der Waals surface area (Å²) in [6, 6.07) is 3.88. The van der Waals surface area contributed by atoms with Gasteiger partial charge in [-0.2, -0.15) is 0 Å². The lowest BCUT2D eigenvalue weighted by Gasteiger charge is -2.21. The second-order valence-corrected chi connectivity index (χ2v) is 4.32. The van der Waals surface area contributed by atoms with Gasteiger partial charge in [-0.1, -0.05) is 19.1 Å². The van der Waals surface area contributed by atoms with Crippen molar-refractivity contribution in [1.29, 1.82) is 0 Å². The number of benzene rings is 1. The van der Waals surface area contributed by atoms with Gasteiger partial charge < -0.3 is 5.73 Å². The summed E-state index contributed by atoms with van der Waals surface area (Å²) in [6.07, 6.45) is 3.36. The summed E-state index contributed by atoms with van der Waals surface area (Å²) in [4.78, 5) is 24.7. The Morgan fingerprint density at radius 1 is 1.17 bits per heavy atom. The molecule has 1 aliphatic rings. The molecule has 0 atom stereocenters. The van der Waals surface area contributed by atoms with Gasteiger partial charge in [0.05, 0.1) is 5.69 Å². The first-order valence-electron chi connectivity index (χ1n) is 5.97. The topological polar surface area (TPSA) is 63.4 Å². The summed E-state index contributed by atoms with van der Waals surface area (Å²) in [5, 5.41) is 0. The standard InChI is InChI=1S/C14H16N2O2/c1-3-11-7-10(8-15)6-9(2)14(11)16-12(17)4-5-13(16)18/h4-7H,3,8,15H2,1-2H3. The zero-order valence-electron chi connectivity index (χ0n) is 10.6. The Morgan fingerprint density at radius 3 is 2.28 bits per heavy atom. The number of anilines is 1. The fraction of sp³-hybridized carbons (Fsp3) is 0.286. The minimum absolute atomic E-state index is 0.279. The highest BCUT2D eigenvalue weighted by Gasteiger charge is 2.28. The molecule has 4 nitrogen and oxygen atoms in total. The highest BCUT2D eigenvalue weighted by molar-refractivity contribution is 6.28. The predicted octanol–water partition coefficient (Wildman–Crippen LogP) is 1.45. The van der Waals surface area contributed by atoms with Crippen molar-refractivity contribution in [2.75, 3.05) is 4.90 Å². The van der Waals surface area contributed by atoms with E-state index in [2.05, 4.69) is 0 Å². The Labute approximate surface area is 106 Å². The maximum absolute atomic E-state index is 11.8. The van der Waals surface area contributed by atoms with E-state index in [0.717, 1.165) is 23.1 Å². The number of hydrogen-bond acceptors (Lipinski definition) is 3. The summed E-state index contributed by atoms with van der Waals surface area (Å²) < 4.78 is 0. The maximum atomic E-state index is 11.8. The number of amides is 2. The van der Waals surface area contributed by atoms with E-state index in [1.807, 2.05) is 26.0 Å². The number of aryl methyl sites for hydroxylation is 2. The first-order chi connectivity index (χ1) is 8.58. The van der Waals surface area contributed by atoms with Crippen LogP contribution in [0.15, 0.2) is 24.3 Å². The molecule has 0 aromatic heterocycles. The fourth-order valence-electron chi connectivity index (χ4n) is 2.26. The zero-order valence-corrected chi connectivity index (χ0v) is 10.6. The minimum atomic E-state index is -0.279. The molecule has 0 saturated heterocycles. The van der Waals surface area contributed by atoms with Crippen LogP contribution in [0.1, 0.15) is 23.6 Å². The first kappa shape index (κ1) is 12.5. The molecule has 1 heterocycles. The number of imide groups is 1. The van der Waals surface area contributed by atoms with Crippen LogP contribution in [0.4, 0.5) is 5.69 Å². The smallest absolute Gasteiger partial charge is 0.258 e. The molecule has 2 rings (SSSR count). The van der Waals surface area contributed by atoms with Crippen molar-refractivity contribution < 1.29 is 9.59 Å². The van der Waals surface area contributed by atoms with Crippen molar-refractivity contribution in [2.24, 2.45) is 5.73 Å². The fourth-order valence-corrected chi connectivity index (χ4v) is 2.26. The van der Waals surface area contributed by atoms with Gasteiger partial charge in [0.15, 0.2) is 0 Å². The van der Waals surface area contributed by atoms with E-state index in [1.54, 1.807) is 0 Å². The number of carbonyl (C=O) groups is 2. The lowest BCUT2D eigenvalue weighted by molar-refractivity contribution is -0.120. The summed E-state index contributed by atoms with van der Waals surface area (Å²) >= 11 is 0. The molecule has 2 amide bonds. The molecule has 1 aliphatic heterocycles. The molecule has 18 heavy (non-hydrogen) atoms.